The van der Waals surface area contributed by atoms with Crippen LogP contribution in [0.4, 0.5) is 10.1 Å². The van der Waals surface area contributed by atoms with Crippen LogP contribution in [0.1, 0.15) is 35.2 Å². The van der Waals surface area contributed by atoms with Crippen LogP contribution in [0.15, 0.2) is 36.4 Å². The zero-order valence-electron chi connectivity index (χ0n) is 14.3. The Morgan fingerprint density at radius 3 is 2.37 bits per heavy atom. The molecule has 0 saturated carbocycles. The smallest absolute Gasteiger partial charge is 0.311 e. The number of ether oxygens (including phenoxy) is 2. The lowest BCUT2D eigenvalue weighted by Crippen LogP contribution is -2.21. The summed E-state index contributed by atoms with van der Waals surface area (Å²) in [7, 11) is 0. The third kappa shape index (κ3) is 4.05. The highest BCUT2D eigenvalue weighted by atomic mass is 19.1. The Morgan fingerprint density at radius 1 is 1.15 bits per heavy atom. The number of amides is 1. The van der Waals surface area contributed by atoms with Crippen LogP contribution < -0.4 is 14.8 Å². The predicted molar refractivity (Wildman–Crippen MR) is 92.6 cm³/mol. The maximum atomic E-state index is 13.0. The number of halogens is 1. The second-order valence-corrected chi connectivity index (χ2v) is 6.00. The molecule has 0 fully saturated rings. The lowest BCUT2D eigenvalue weighted by atomic mass is 9.95. The van der Waals surface area contributed by atoms with Crippen LogP contribution in [0.25, 0.3) is 0 Å². The molecule has 1 amide bonds. The minimum atomic E-state index is -1.21. The average molecular weight is 373 g/mol. The predicted octanol–water partition coefficient (Wildman–Crippen LogP) is 2.95. The number of ketones is 1. The molecule has 1 heterocycles. The van der Waals surface area contributed by atoms with E-state index in [0.717, 1.165) is 12.1 Å². The molecule has 0 spiro atoms. The fourth-order valence-electron chi connectivity index (χ4n) is 2.77. The Labute approximate surface area is 153 Å². The number of aliphatic carboxylic acids is 1. The minimum absolute atomic E-state index is 0.00966. The summed E-state index contributed by atoms with van der Waals surface area (Å²) in [5, 5.41) is 12.0. The molecular weight excluding hydrogens is 357 g/mol. The normalized spacial score (nSPS) is 13.1. The number of carboxylic acids is 1. The van der Waals surface area contributed by atoms with Gasteiger partial charge in [0.1, 0.15) is 5.82 Å². The van der Waals surface area contributed by atoms with Gasteiger partial charge in [0.15, 0.2) is 17.3 Å². The van der Waals surface area contributed by atoms with E-state index in [1.54, 1.807) is 0 Å². The second-order valence-electron chi connectivity index (χ2n) is 6.00. The van der Waals surface area contributed by atoms with E-state index in [2.05, 4.69) is 5.32 Å². The summed E-state index contributed by atoms with van der Waals surface area (Å²) in [4.78, 5) is 35.8. The van der Waals surface area contributed by atoms with Gasteiger partial charge in [0.05, 0.1) is 11.6 Å². The standard InChI is InChI=1S/C19H16FNO6/c1-10(22)13-6-16-17(27-9-26-16)8-15(13)21-18(23)7-14(19(24)25)11-2-4-12(20)5-3-11/h2-6,8,14H,7,9H2,1H3,(H,21,23)(H,24,25)/t14-/m0/s1. The number of carboxylic acid groups (broad SMARTS) is 1. The zero-order chi connectivity index (χ0) is 19.6. The van der Waals surface area contributed by atoms with Gasteiger partial charge in [-0.3, -0.25) is 14.4 Å². The molecule has 2 N–H and O–H groups in total. The van der Waals surface area contributed by atoms with Gasteiger partial charge < -0.3 is 19.9 Å². The van der Waals surface area contributed by atoms with Crippen molar-refractivity contribution in [3.63, 3.8) is 0 Å². The average Bonchev–Trinajstić information content (AvgIpc) is 3.07. The molecule has 140 valence electrons. The van der Waals surface area contributed by atoms with Gasteiger partial charge in [-0.25, -0.2) is 4.39 Å². The Morgan fingerprint density at radius 2 is 1.78 bits per heavy atom. The number of hydrogen-bond acceptors (Lipinski definition) is 5. The molecule has 0 bridgehead atoms. The highest BCUT2D eigenvalue weighted by Crippen LogP contribution is 2.37. The highest BCUT2D eigenvalue weighted by Gasteiger charge is 2.25. The first-order valence-corrected chi connectivity index (χ1v) is 8.08. The van der Waals surface area contributed by atoms with Crippen molar-refractivity contribution in [2.75, 3.05) is 12.1 Å². The first kappa shape index (κ1) is 18.4. The summed E-state index contributed by atoms with van der Waals surface area (Å²) in [5.74, 6) is -2.99. The molecular formula is C19H16FNO6. The molecule has 0 unspecified atom stereocenters. The Kier molecular flexibility index (Phi) is 5.07. The SMILES string of the molecule is CC(=O)c1cc2c(cc1NC(=O)C[C@H](C(=O)O)c1ccc(F)cc1)OCO2. The fourth-order valence-corrected chi connectivity index (χ4v) is 2.77. The van der Waals surface area contributed by atoms with E-state index >= 15 is 0 Å². The van der Waals surface area contributed by atoms with Gasteiger partial charge in [0, 0.05) is 18.1 Å². The molecule has 0 radical (unpaired) electrons. The molecule has 7 nitrogen and oxygen atoms in total. The first-order chi connectivity index (χ1) is 12.8. The number of carbonyl (C=O) groups is 3. The Balaban J connectivity index is 1.81. The number of fused-ring (bicyclic) bond motifs is 1. The number of hydrogen-bond donors (Lipinski definition) is 2. The first-order valence-electron chi connectivity index (χ1n) is 8.08. The van der Waals surface area contributed by atoms with E-state index in [9.17, 15) is 23.9 Å². The lowest BCUT2D eigenvalue weighted by molar-refractivity contribution is -0.140. The molecule has 8 heteroatoms. The molecule has 2 aromatic rings. The maximum absolute atomic E-state index is 13.0. The van der Waals surface area contributed by atoms with E-state index in [1.807, 2.05) is 0 Å². The van der Waals surface area contributed by atoms with Crippen molar-refractivity contribution in [1.82, 2.24) is 0 Å². The summed E-state index contributed by atoms with van der Waals surface area (Å²) < 4.78 is 23.5. The second kappa shape index (κ2) is 7.45. The monoisotopic (exact) mass is 373 g/mol. The van der Waals surface area contributed by atoms with E-state index in [-0.39, 0.29) is 30.2 Å². The van der Waals surface area contributed by atoms with Crippen LogP contribution in [0.5, 0.6) is 11.5 Å². The number of nitrogens with one attached hydrogen (secondary N) is 1. The molecule has 3 rings (SSSR count). The van der Waals surface area contributed by atoms with Crippen LogP contribution in [0.2, 0.25) is 0 Å². The number of carbonyl (C=O) groups excluding carboxylic acids is 2. The van der Waals surface area contributed by atoms with Crippen LogP contribution in [0, 0.1) is 5.82 Å². The summed E-state index contributed by atoms with van der Waals surface area (Å²) in [5.41, 5.74) is 0.734. The van der Waals surface area contributed by atoms with Gasteiger partial charge in [0.2, 0.25) is 12.7 Å². The van der Waals surface area contributed by atoms with Crippen molar-refractivity contribution < 1.29 is 33.4 Å². The van der Waals surface area contributed by atoms with Crippen LogP contribution >= 0.6 is 0 Å². The van der Waals surface area contributed by atoms with Gasteiger partial charge in [-0.05, 0) is 30.7 Å². The highest BCUT2D eigenvalue weighted by molar-refractivity contribution is 6.05. The molecule has 0 aliphatic carbocycles. The lowest BCUT2D eigenvalue weighted by Gasteiger charge is -2.14. The summed E-state index contributed by atoms with van der Waals surface area (Å²) in [6, 6.07) is 7.84. The summed E-state index contributed by atoms with van der Waals surface area (Å²) >= 11 is 0. The number of anilines is 1. The zero-order valence-corrected chi connectivity index (χ0v) is 14.3. The minimum Gasteiger partial charge on any atom is -0.481 e. The van der Waals surface area contributed by atoms with Crippen molar-refractivity contribution in [3.05, 3.63) is 53.3 Å². The molecule has 1 aliphatic heterocycles. The summed E-state index contributed by atoms with van der Waals surface area (Å²) in [6.45, 7) is 1.35. The molecule has 0 saturated heterocycles. The Hall–Kier alpha value is -3.42. The topological polar surface area (TPSA) is 102 Å². The molecule has 2 aromatic carbocycles. The van der Waals surface area contributed by atoms with E-state index in [1.165, 1.54) is 31.2 Å². The van der Waals surface area contributed by atoms with Gasteiger partial charge in [-0.1, -0.05) is 12.1 Å². The van der Waals surface area contributed by atoms with Gasteiger partial charge in [0.25, 0.3) is 0 Å². The van der Waals surface area contributed by atoms with E-state index in [0.29, 0.717) is 17.1 Å². The van der Waals surface area contributed by atoms with Gasteiger partial charge >= 0.3 is 5.97 Å². The third-order valence-corrected chi connectivity index (χ3v) is 4.13. The molecule has 1 aliphatic rings. The molecule has 0 aromatic heterocycles. The quantitative estimate of drug-likeness (QED) is 0.755. The van der Waals surface area contributed by atoms with Crippen LogP contribution in [0.3, 0.4) is 0 Å². The summed E-state index contributed by atoms with van der Waals surface area (Å²) in [6.07, 6.45) is -0.382. The van der Waals surface area contributed by atoms with Gasteiger partial charge in [-0.15, -0.1) is 0 Å². The third-order valence-electron chi connectivity index (χ3n) is 4.13. The number of Topliss-reactive ketones (excluding diaryl/α,β-unsaturated/α-hetero) is 1. The van der Waals surface area contributed by atoms with Gasteiger partial charge in [-0.2, -0.15) is 0 Å². The van der Waals surface area contributed by atoms with Crippen molar-refractivity contribution >= 4 is 23.3 Å². The van der Waals surface area contributed by atoms with Crippen molar-refractivity contribution in [2.45, 2.75) is 19.3 Å². The maximum Gasteiger partial charge on any atom is 0.311 e. The largest absolute Gasteiger partial charge is 0.481 e. The van der Waals surface area contributed by atoms with E-state index in [4.69, 9.17) is 9.47 Å². The Bertz CT molecular complexity index is 909. The van der Waals surface area contributed by atoms with Crippen LogP contribution in [-0.4, -0.2) is 29.6 Å². The van der Waals surface area contributed by atoms with E-state index < -0.39 is 23.6 Å². The van der Waals surface area contributed by atoms with Crippen molar-refractivity contribution in [2.24, 2.45) is 0 Å². The van der Waals surface area contributed by atoms with Crippen molar-refractivity contribution in [1.29, 1.82) is 0 Å². The molecule has 27 heavy (non-hydrogen) atoms. The van der Waals surface area contributed by atoms with Crippen molar-refractivity contribution in [3.8, 4) is 11.5 Å². The number of rotatable bonds is 6. The molecule has 1 atom stereocenters. The number of benzene rings is 2. The van der Waals surface area contributed by atoms with Crippen LogP contribution in [-0.2, 0) is 9.59 Å². The fraction of sp³-hybridized carbons (Fsp3) is 0.211.